The summed E-state index contributed by atoms with van der Waals surface area (Å²) in [4.78, 5) is 16.3. The molecule has 1 aliphatic heterocycles. The summed E-state index contributed by atoms with van der Waals surface area (Å²) in [6, 6.07) is 16.2. The monoisotopic (exact) mass is 406 g/mol. The second-order valence-electron chi connectivity index (χ2n) is 6.99. The second kappa shape index (κ2) is 7.50. The van der Waals surface area contributed by atoms with Crippen molar-refractivity contribution in [2.75, 3.05) is 26.3 Å². The van der Waals surface area contributed by atoms with Crippen molar-refractivity contribution in [1.82, 2.24) is 19.2 Å². The molecule has 1 saturated heterocycles. The van der Waals surface area contributed by atoms with E-state index in [1.165, 1.54) is 0 Å². The van der Waals surface area contributed by atoms with Gasteiger partial charge in [0.1, 0.15) is 17.0 Å². The molecule has 1 amide bonds. The minimum atomic E-state index is 0.0584. The van der Waals surface area contributed by atoms with E-state index in [-0.39, 0.29) is 5.91 Å². The fraction of sp³-hybridized carbons (Fsp3) is 0.273. The summed E-state index contributed by atoms with van der Waals surface area (Å²) < 4.78 is 9.47. The fourth-order valence-corrected chi connectivity index (χ4v) is 4.64. The van der Waals surface area contributed by atoms with E-state index < -0.39 is 0 Å². The van der Waals surface area contributed by atoms with E-state index in [0.29, 0.717) is 38.5 Å². The van der Waals surface area contributed by atoms with Crippen LogP contribution in [0, 0.1) is 0 Å². The van der Waals surface area contributed by atoms with E-state index in [9.17, 15) is 4.79 Å². The highest BCUT2D eigenvalue weighted by atomic mass is 32.1. The summed E-state index contributed by atoms with van der Waals surface area (Å²) in [5, 5.41) is 8.01. The van der Waals surface area contributed by atoms with Gasteiger partial charge in [-0.05, 0) is 36.6 Å². The van der Waals surface area contributed by atoms with Gasteiger partial charge in [-0.25, -0.2) is 4.68 Å². The van der Waals surface area contributed by atoms with Gasteiger partial charge in [0.05, 0.1) is 23.8 Å². The highest BCUT2D eigenvalue weighted by molar-refractivity contribution is 7.13. The second-order valence-corrected chi connectivity index (χ2v) is 7.94. The standard InChI is InChI=1S/C22H22N4O2S/c1-2-25-18(22(27)24-10-12-28-13-11-24)15-17-20(19-9-6-14-29-19)23-26(21(17)25)16-7-4-3-5-8-16/h3-9,14-15H,2,10-13H2,1H3. The Labute approximate surface area is 172 Å². The van der Waals surface area contributed by atoms with Crippen LogP contribution in [0.2, 0.25) is 0 Å². The lowest BCUT2D eigenvalue weighted by atomic mass is 10.2. The summed E-state index contributed by atoms with van der Waals surface area (Å²) >= 11 is 1.66. The summed E-state index contributed by atoms with van der Waals surface area (Å²) in [6.07, 6.45) is 0. The molecule has 0 bridgehead atoms. The van der Waals surface area contributed by atoms with Gasteiger partial charge in [-0.1, -0.05) is 24.3 Å². The van der Waals surface area contributed by atoms with Crippen LogP contribution in [0.3, 0.4) is 0 Å². The molecule has 3 aromatic heterocycles. The molecule has 0 aliphatic carbocycles. The van der Waals surface area contributed by atoms with Crippen LogP contribution >= 0.6 is 11.3 Å². The number of fused-ring (bicyclic) bond motifs is 1. The van der Waals surface area contributed by atoms with Gasteiger partial charge in [0.15, 0.2) is 0 Å². The quantitative estimate of drug-likeness (QED) is 0.514. The largest absolute Gasteiger partial charge is 0.378 e. The molecule has 0 radical (unpaired) electrons. The van der Waals surface area contributed by atoms with Crippen molar-refractivity contribution in [1.29, 1.82) is 0 Å². The molecule has 5 rings (SSSR count). The Morgan fingerprint density at radius 1 is 1.14 bits per heavy atom. The number of hydrogen-bond donors (Lipinski definition) is 0. The van der Waals surface area contributed by atoms with Gasteiger partial charge in [0, 0.05) is 25.0 Å². The zero-order valence-electron chi connectivity index (χ0n) is 16.2. The molecule has 1 aromatic carbocycles. The van der Waals surface area contributed by atoms with Crippen LogP contribution in [-0.4, -0.2) is 51.5 Å². The number of morpholine rings is 1. The fourth-order valence-electron chi connectivity index (χ4n) is 3.91. The number of thiophene rings is 1. The highest BCUT2D eigenvalue weighted by Crippen LogP contribution is 2.35. The molecular weight excluding hydrogens is 384 g/mol. The molecule has 4 aromatic rings. The lowest BCUT2D eigenvalue weighted by Gasteiger charge is -2.27. The first-order valence-electron chi connectivity index (χ1n) is 9.86. The van der Waals surface area contributed by atoms with E-state index >= 15 is 0 Å². The summed E-state index contributed by atoms with van der Waals surface area (Å²) in [5.74, 6) is 0.0584. The van der Waals surface area contributed by atoms with Gasteiger partial charge in [-0.15, -0.1) is 11.3 Å². The van der Waals surface area contributed by atoms with Gasteiger partial charge in [-0.2, -0.15) is 5.10 Å². The van der Waals surface area contributed by atoms with Crippen LogP contribution in [0.1, 0.15) is 17.4 Å². The maximum Gasteiger partial charge on any atom is 0.270 e. The Balaban J connectivity index is 1.73. The summed E-state index contributed by atoms with van der Waals surface area (Å²) in [5.41, 5.74) is 3.57. The van der Waals surface area contributed by atoms with Crippen molar-refractivity contribution in [3.63, 3.8) is 0 Å². The number of aryl methyl sites for hydroxylation is 1. The van der Waals surface area contributed by atoms with E-state index in [1.54, 1.807) is 11.3 Å². The number of ether oxygens (including phenoxy) is 1. The van der Waals surface area contributed by atoms with Gasteiger partial charge in [-0.3, -0.25) is 4.79 Å². The molecule has 0 unspecified atom stereocenters. The predicted octanol–water partition coefficient (Wildman–Crippen LogP) is 4.05. The lowest BCUT2D eigenvalue weighted by Crippen LogP contribution is -2.41. The number of carbonyl (C=O) groups is 1. The van der Waals surface area contributed by atoms with Crippen LogP contribution in [-0.2, 0) is 11.3 Å². The van der Waals surface area contributed by atoms with Crippen molar-refractivity contribution < 1.29 is 9.53 Å². The number of para-hydroxylation sites is 1. The maximum absolute atomic E-state index is 13.3. The van der Waals surface area contributed by atoms with Crippen molar-refractivity contribution in [2.45, 2.75) is 13.5 Å². The SMILES string of the molecule is CCn1c(C(=O)N2CCOCC2)cc2c(-c3cccs3)nn(-c3ccccc3)c21. The van der Waals surface area contributed by atoms with Gasteiger partial charge in [0.25, 0.3) is 5.91 Å². The molecular formula is C22H22N4O2S. The number of rotatable bonds is 4. The van der Waals surface area contributed by atoms with Crippen LogP contribution in [0.4, 0.5) is 0 Å². The predicted molar refractivity (Wildman–Crippen MR) is 115 cm³/mol. The number of hydrogen-bond acceptors (Lipinski definition) is 4. The number of benzene rings is 1. The normalized spacial score (nSPS) is 14.6. The molecule has 0 spiro atoms. The zero-order chi connectivity index (χ0) is 19.8. The van der Waals surface area contributed by atoms with Crippen molar-refractivity contribution >= 4 is 28.3 Å². The first-order chi connectivity index (χ1) is 14.3. The Hall–Kier alpha value is -2.90. The Bertz CT molecular complexity index is 1140. The Morgan fingerprint density at radius 3 is 2.62 bits per heavy atom. The summed E-state index contributed by atoms with van der Waals surface area (Å²) in [7, 11) is 0. The molecule has 4 heterocycles. The smallest absolute Gasteiger partial charge is 0.270 e. The molecule has 6 nitrogen and oxygen atoms in total. The average molecular weight is 407 g/mol. The molecule has 0 N–H and O–H groups in total. The van der Waals surface area contributed by atoms with E-state index in [2.05, 4.69) is 22.9 Å². The van der Waals surface area contributed by atoms with Gasteiger partial charge < -0.3 is 14.2 Å². The minimum Gasteiger partial charge on any atom is -0.378 e. The van der Waals surface area contributed by atoms with Crippen LogP contribution in [0.15, 0.2) is 53.9 Å². The van der Waals surface area contributed by atoms with Crippen molar-refractivity contribution in [3.8, 4) is 16.3 Å². The van der Waals surface area contributed by atoms with Crippen LogP contribution in [0.5, 0.6) is 0 Å². The molecule has 148 valence electrons. The number of aromatic nitrogens is 3. The first kappa shape index (κ1) is 18.1. The zero-order valence-corrected chi connectivity index (χ0v) is 17.1. The number of carbonyl (C=O) groups excluding carboxylic acids is 1. The lowest BCUT2D eigenvalue weighted by molar-refractivity contribution is 0.0296. The third-order valence-electron chi connectivity index (χ3n) is 5.31. The van der Waals surface area contributed by atoms with Crippen molar-refractivity contribution in [2.24, 2.45) is 0 Å². The molecule has 7 heteroatoms. The minimum absolute atomic E-state index is 0.0584. The van der Waals surface area contributed by atoms with E-state index in [1.807, 2.05) is 52.0 Å². The summed E-state index contributed by atoms with van der Waals surface area (Å²) in [6.45, 7) is 5.21. The maximum atomic E-state index is 13.3. The molecule has 1 fully saturated rings. The van der Waals surface area contributed by atoms with Crippen molar-refractivity contribution in [3.05, 3.63) is 59.6 Å². The molecule has 1 aliphatic rings. The van der Waals surface area contributed by atoms with Crippen LogP contribution < -0.4 is 0 Å². The third-order valence-corrected chi connectivity index (χ3v) is 6.19. The molecule has 0 saturated carbocycles. The topological polar surface area (TPSA) is 52.3 Å². The molecule has 29 heavy (non-hydrogen) atoms. The first-order valence-corrected chi connectivity index (χ1v) is 10.7. The van der Waals surface area contributed by atoms with E-state index in [4.69, 9.17) is 9.84 Å². The number of nitrogens with zero attached hydrogens (tertiary/aromatic N) is 4. The Morgan fingerprint density at radius 2 is 1.93 bits per heavy atom. The van der Waals surface area contributed by atoms with Gasteiger partial charge >= 0.3 is 0 Å². The van der Waals surface area contributed by atoms with Gasteiger partial charge in [0.2, 0.25) is 0 Å². The number of amides is 1. The molecule has 0 atom stereocenters. The van der Waals surface area contributed by atoms with E-state index in [0.717, 1.165) is 27.3 Å². The van der Waals surface area contributed by atoms with Crippen LogP contribution in [0.25, 0.3) is 27.3 Å². The average Bonchev–Trinajstić information content (AvgIpc) is 3.50. The Kier molecular flexibility index (Phi) is 4.69. The highest BCUT2D eigenvalue weighted by Gasteiger charge is 2.27. The third kappa shape index (κ3) is 3.07.